The molecule has 0 unspecified atom stereocenters. The van der Waals surface area contributed by atoms with Crippen LogP contribution in [-0.4, -0.2) is 0 Å². The highest BCUT2D eigenvalue weighted by Gasteiger charge is 2.08. The van der Waals surface area contributed by atoms with E-state index in [0.29, 0.717) is 0 Å². The monoisotopic (exact) mass is 204 g/mol. The molecule has 14 heavy (non-hydrogen) atoms. The van der Waals surface area contributed by atoms with Crippen molar-refractivity contribution in [1.82, 2.24) is 0 Å². The largest absolute Gasteiger partial charge is 0.226 e. The zero-order valence-corrected chi connectivity index (χ0v) is 9.34. The second-order valence-corrected chi connectivity index (χ2v) is 4.51. The third kappa shape index (κ3) is 1.85. The number of aromatic nitrogens is 1. The minimum atomic E-state index is 0.979. The molecule has 0 spiro atoms. The van der Waals surface area contributed by atoms with Gasteiger partial charge in [0, 0.05) is 6.07 Å². The van der Waals surface area contributed by atoms with Crippen molar-refractivity contribution in [1.29, 1.82) is 0 Å². The summed E-state index contributed by atoms with van der Waals surface area (Å²) in [5, 5.41) is 0. The summed E-state index contributed by atoms with van der Waals surface area (Å²) in [7, 11) is 0. The quantitative estimate of drug-likeness (QED) is 0.522. The molecule has 0 aliphatic rings. The van der Waals surface area contributed by atoms with Crippen LogP contribution in [0.4, 0.5) is 0 Å². The van der Waals surface area contributed by atoms with E-state index < -0.39 is 0 Å². The maximum Gasteiger partial charge on any atom is 0.226 e. The number of thiazole rings is 1. The van der Waals surface area contributed by atoms with Gasteiger partial charge in [0.05, 0.1) is 0 Å². The molecule has 0 bridgehead atoms. The Morgan fingerprint density at radius 1 is 1.36 bits per heavy atom. The summed E-state index contributed by atoms with van der Waals surface area (Å²) < 4.78 is 3.64. The predicted octanol–water partition coefficient (Wildman–Crippen LogP) is 3.16. The standard InChI is InChI=1S/C12H14NS/c1-10(2)7-8-13-9-14-12-6-4-3-5-11(12)13/h3-7,9H,8H2,1-2H3/q+1. The number of benzene rings is 1. The van der Waals surface area contributed by atoms with Gasteiger partial charge in [-0.1, -0.05) is 29.0 Å². The molecule has 0 fully saturated rings. The zero-order chi connectivity index (χ0) is 9.97. The highest BCUT2D eigenvalue weighted by Crippen LogP contribution is 2.14. The molecule has 2 aromatic rings. The van der Waals surface area contributed by atoms with Gasteiger partial charge in [-0.25, -0.2) is 0 Å². The van der Waals surface area contributed by atoms with E-state index in [1.54, 1.807) is 11.3 Å². The Balaban J connectivity index is 2.38. The first kappa shape index (κ1) is 9.41. The van der Waals surface area contributed by atoms with Crippen molar-refractivity contribution in [2.75, 3.05) is 0 Å². The Bertz CT molecular complexity index is 464. The molecule has 1 heterocycles. The van der Waals surface area contributed by atoms with Crippen LogP contribution in [0.3, 0.4) is 0 Å². The van der Waals surface area contributed by atoms with Crippen molar-refractivity contribution < 1.29 is 4.57 Å². The number of hydrogen-bond acceptors (Lipinski definition) is 1. The average Bonchev–Trinajstić information content (AvgIpc) is 2.58. The molecule has 1 aromatic carbocycles. The smallest absolute Gasteiger partial charge is 0.185 e. The average molecular weight is 204 g/mol. The van der Waals surface area contributed by atoms with E-state index in [0.717, 1.165) is 6.54 Å². The van der Waals surface area contributed by atoms with Gasteiger partial charge in [-0.15, -0.1) is 0 Å². The minimum Gasteiger partial charge on any atom is -0.185 e. The van der Waals surface area contributed by atoms with Gasteiger partial charge in [0.1, 0.15) is 4.70 Å². The first-order valence-corrected chi connectivity index (χ1v) is 5.64. The van der Waals surface area contributed by atoms with Gasteiger partial charge in [0.25, 0.3) is 0 Å². The molecule has 0 atom stereocenters. The van der Waals surface area contributed by atoms with Crippen LogP contribution in [0.2, 0.25) is 0 Å². The Morgan fingerprint density at radius 2 is 2.14 bits per heavy atom. The van der Waals surface area contributed by atoms with Crippen LogP contribution in [-0.2, 0) is 6.54 Å². The highest BCUT2D eigenvalue weighted by molar-refractivity contribution is 7.16. The van der Waals surface area contributed by atoms with E-state index in [4.69, 9.17) is 0 Å². The molecule has 0 N–H and O–H groups in total. The van der Waals surface area contributed by atoms with E-state index in [1.807, 2.05) is 0 Å². The van der Waals surface area contributed by atoms with Crippen molar-refractivity contribution in [3.8, 4) is 0 Å². The molecule has 0 saturated heterocycles. The lowest BCUT2D eigenvalue weighted by Crippen LogP contribution is -2.30. The first-order chi connectivity index (χ1) is 6.77. The van der Waals surface area contributed by atoms with Crippen LogP contribution >= 0.6 is 11.3 Å². The third-order valence-corrected chi connectivity index (χ3v) is 3.14. The third-order valence-electron chi connectivity index (χ3n) is 2.18. The molecule has 2 heteroatoms. The Hall–Kier alpha value is -1.15. The van der Waals surface area contributed by atoms with Crippen molar-refractivity contribution in [2.45, 2.75) is 20.4 Å². The Kier molecular flexibility index (Phi) is 2.64. The molecular formula is C12H14NS+. The van der Waals surface area contributed by atoms with Crippen LogP contribution in [0.15, 0.2) is 41.4 Å². The first-order valence-electron chi connectivity index (χ1n) is 4.76. The number of para-hydroxylation sites is 1. The number of nitrogens with zero attached hydrogens (tertiary/aromatic N) is 1. The summed E-state index contributed by atoms with van der Waals surface area (Å²) in [5.41, 5.74) is 4.88. The van der Waals surface area contributed by atoms with E-state index in [2.05, 4.69) is 54.3 Å². The van der Waals surface area contributed by atoms with Crippen LogP contribution in [0.1, 0.15) is 13.8 Å². The van der Waals surface area contributed by atoms with Crippen molar-refractivity contribution in [3.63, 3.8) is 0 Å². The van der Waals surface area contributed by atoms with Crippen LogP contribution in [0.5, 0.6) is 0 Å². The van der Waals surface area contributed by atoms with Crippen LogP contribution < -0.4 is 4.57 Å². The van der Waals surface area contributed by atoms with E-state index in [-0.39, 0.29) is 0 Å². The molecule has 72 valence electrons. The van der Waals surface area contributed by atoms with Crippen molar-refractivity contribution >= 4 is 21.6 Å². The van der Waals surface area contributed by atoms with E-state index in [1.165, 1.54) is 15.8 Å². The normalized spacial score (nSPS) is 10.4. The summed E-state index contributed by atoms with van der Waals surface area (Å²) >= 11 is 1.80. The molecule has 0 saturated carbocycles. The molecule has 1 aromatic heterocycles. The second kappa shape index (κ2) is 3.93. The molecular weight excluding hydrogens is 190 g/mol. The zero-order valence-electron chi connectivity index (χ0n) is 8.53. The number of allylic oxidation sites excluding steroid dienone is 2. The fourth-order valence-corrected chi connectivity index (χ4v) is 2.30. The van der Waals surface area contributed by atoms with E-state index in [9.17, 15) is 0 Å². The SMILES string of the molecule is CC(C)=CC[n+]1csc2ccccc21. The summed E-state index contributed by atoms with van der Waals surface area (Å²) in [5.74, 6) is 0. The molecule has 1 nitrogen and oxygen atoms in total. The highest BCUT2D eigenvalue weighted by atomic mass is 32.1. The van der Waals surface area contributed by atoms with Gasteiger partial charge in [-0.2, -0.15) is 4.57 Å². The molecule has 2 rings (SSSR count). The van der Waals surface area contributed by atoms with E-state index >= 15 is 0 Å². The fraction of sp³-hybridized carbons (Fsp3) is 0.250. The number of hydrogen-bond donors (Lipinski definition) is 0. The lowest BCUT2D eigenvalue weighted by molar-refractivity contribution is -0.656. The lowest BCUT2D eigenvalue weighted by Gasteiger charge is -1.90. The predicted molar refractivity (Wildman–Crippen MR) is 61.5 cm³/mol. The number of fused-ring (bicyclic) bond motifs is 1. The Morgan fingerprint density at radius 3 is 2.93 bits per heavy atom. The molecule has 0 aliphatic heterocycles. The van der Waals surface area contributed by atoms with Gasteiger partial charge < -0.3 is 0 Å². The maximum atomic E-state index is 2.28. The molecule has 0 amide bonds. The van der Waals surface area contributed by atoms with Gasteiger partial charge in [-0.3, -0.25) is 0 Å². The summed E-state index contributed by atoms with van der Waals surface area (Å²) in [6.45, 7) is 5.25. The van der Waals surface area contributed by atoms with Gasteiger partial charge in [-0.05, 0) is 26.0 Å². The maximum absolute atomic E-state index is 2.28. The van der Waals surface area contributed by atoms with Gasteiger partial charge >= 0.3 is 0 Å². The van der Waals surface area contributed by atoms with Crippen LogP contribution in [0.25, 0.3) is 10.2 Å². The number of rotatable bonds is 2. The fourth-order valence-electron chi connectivity index (χ4n) is 1.39. The van der Waals surface area contributed by atoms with Crippen LogP contribution in [0, 0.1) is 0 Å². The Labute approximate surface area is 88.3 Å². The van der Waals surface area contributed by atoms with Gasteiger partial charge in [0.15, 0.2) is 6.54 Å². The topological polar surface area (TPSA) is 3.88 Å². The second-order valence-electron chi connectivity index (χ2n) is 3.62. The summed E-state index contributed by atoms with van der Waals surface area (Å²) in [6, 6.07) is 8.52. The summed E-state index contributed by atoms with van der Waals surface area (Å²) in [4.78, 5) is 0. The minimum absolute atomic E-state index is 0.979. The molecule has 0 radical (unpaired) electrons. The summed E-state index contributed by atoms with van der Waals surface area (Å²) in [6.07, 6.45) is 2.25. The van der Waals surface area contributed by atoms with Gasteiger partial charge in [0.2, 0.25) is 11.0 Å². The molecule has 0 aliphatic carbocycles. The lowest BCUT2D eigenvalue weighted by atomic mass is 10.3. The van der Waals surface area contributed by atoms with Crippen molar-refractivity contribution in [2.24, 2.45) is 0 Å². The van der Waals surface area contributed by atoms with Crippen molar-refractivity contribution in [3.05, 3.63) is 41.4 Å².